The van der Waals surface area contributed by atoms with Crippen molar-refractivity contribution in [1.82, 2.24) is 4.98 Å². The van der Waals surface area contributed by atoms with Gasteiger partial charge in [-0.1, -0.05) is 15.9 Å². The molecule has 3 nitrogen and oxygen atoms in total. The van der Waals surface area contributed by atoms with Crippen molar-refractivity contribution < 1.29 is 13.5 Å². The van der Waals surface area contributed by atoms with Crippen LogP contribution in [0.15, 0.2) is 6.07 Å². The highest BCUT2D eigenvalue weighted by Gasteiger charge is 2.16. The lowest BCUT2D eigenvalue weighted by Gasteiger charge is -2.10. The molecule has 1 heterocycles. The fourth-order valence-corrected chi connectivity index (χ4v) is 1.42. The summed E-state index contributed by atoms with van der Waals surface area (Å²) >= 11 is 3.11. The summed E-state index contributed by atoms with van der Waals surface area (Å²) in [6, 6.07) is 1.14. The summed E-state index contributed by atoms with van der Waals surface area (Å²) in [4.78, 5) is 3.92. The van der Waals surface area contributed by atoms with Crippen LogP contribution in [0.2, 0.25) is 0 Å². The number of hydrogen-bond acceptors (Lipinski definition) is 3. The van der Waals surface area contributed by atoms with Crippen LogP contribution in [0.4, 0.5) is 14.5 Å². The van der Waals surface area contributed by atoms with Crippen molar-refractivity contribution in [2.24, 2.45) is 0 Å². The van der Waals surface area contributed by atoms with E-state index in [9.17, 15) is 8.78 Å². The first kappa shape index (κ1) is 11.2. The molecule has 0 fully saturated rings. The molecular formula is C8H9BrF2N2O. The lowest BCUT2D eigenvalue weighted by Crippen LogP contribution is -2.03. The van der Waals surface area contributed by atoms with E-state index in [2.05, 4.69) is 20.9 Å². The Morgan fingerprint density at radius 2 is 2.29 bits per heavy atom. The minimum Gasteiger partial charge on any atom is -0.481 e. The molecule has 0 saturated carbocycles. The van der Waals surface area contributed by atoms with E-state index in [4.69, 9.17) is 10.5 Å². The Morgan fingerprint density at radius 1 is 1.64 bits per heavy atom. The second-order valence-corrected chi connectivity index (χ2v) is 3.11. The molecule has 0 amide bonds. The van der Waals surface area contributed by atoms with E-state index in [0.717, 1.165) is 6.07 Å². The summed E-state index contributed by atoms with van der Waals surface area (Å²) in [7, 11) is 1.37. The van der Waals surface area contributed by atoms with Gasteiger partial charge >= 0.3 is 0 Å². The van der Waals surface area contributed by atoms with Crippen LogP contribution in [0.1, 0.15) is 17.7 Å². The molecule has 0 atom stereocenters. The van der Waals surface area contributed by atoms with Gasteiger partial charge < -0.3 is 10.5 Å². The number of halogens is 3. The van der Waals surface area contributed by atoms with Crippen molar-refractivity contribution in [2.75, 3.05) is 12.8 Å². The number of methoxy groups -OCH3 is 1. The normalized spacial score (nSPS) is 10.6. The zero-order valence-electron chi connectivity index (χ0n) is 7.43. The van der Waals surface area contributed by atoms with Gasteiger partial charge in [0.05, 0.1) is 18.5 Å². The van der Waals surface area contributed by atoms with E-state index < -0.39 is 6.43 Å². The number of ether oxygens (including phenoxy) is 1. The maximum absolute atomic E-state index is 12.5. The second-order valence-electron chi connectivity index (χ2n) is 2.55. The Morgan fingerprint density at radius 3 is 2.71 bits per heavy atom. The van der Waals surface area contributed by atoms with Crippen LogP contribution in [0, 0.1) is 0 Å². The van der Waals surface area contributed by atoms with Crippen molar-refractivity contribution in [2.45, 2.75) is 11.8 Å². The van der Waals surface area contributed by atoms with Crippen LogP contribution >= 0.6 is 15.9 Å². The SMILES string of the molecule is COc1cc(C(F)F)c(N)c(CBr)n1. The molecule has 0 aliphatic rings. The molecule has 0 spiro atoms. The van der Waals surface area contributed by atoms with E-state index in [1.165, 1.54) is 7.11 Å². The molecule has 0 unspecified atom stereocenters. The third kappa shape index (κ3) is 2.12. The third-order valence-corrected chi connectivity index (χ3v) is 2.25. The zero-order chi connectivity index (χ0) is 10.7. The number of pyridine rings is 1. The van der Waals surface area contributed by atoms with E-state index in [-0.39, 0.29) is 17.1 Å². The molecule has 0 saturated heterocycles. The van der Waals surface area contributed by atoms with E-state index in [1.54, 1.807) is 0 Å². The van der Waals surface area contributed by atoms with Gasteiger partial charge in [0.15, 0.2) is 0 Å². The predicted octanol–water partition coefficient (Wildman–Crippen LogP) is 2.50. The molecule has 6 heteroatoms. The van der Waals surface area contributed by atoms with E-state index in [1.807, 2.05) is 0 Å². The lowest BCUT2D eigenvalue weighted by atomic mass is 10.2. The van der Waals surface area contributed by atoms with Crippen LogP contribution < -0.4 is 10.5 Å². The molecule has 1 aromatic rings. The fourth-order valence-electron chi connectivity index (χ4n) is 0.990. The summed E-state index contributed by atoms with van der Waals surface area (Å²) in [5, 5.41) is 0.315. The van der Waals surface area contributed by atoms with Crippen LogP contribution in [0.3, 0.4) is 0 Å². The third-order valence-electron chi connectivity index (χ3n) is 1.72. The number of nitrogen functional groups attached to an aromatic ring is 1. The van der Waals surface area contributed by atoms with Crippen LogP contribution in [0.5, 0.6) is 5.88 Å². The number of nitrogens with zero attached hydrogens (tertiary/aromatic N) is 1. The van der Waals surface area contributed by atoms with Gasteiger partial charge in [-0.15, -0.1) is 0 Å². The smallest absolute Gasteiger partial charge is 0.266 e. The monoisotopic (exact) mass is 266 g/mol. The molecule has 0 aliphatic carbocycles. The summed E-state index contributed by atoms with van der Waals surface area (Å²) < 4.78 is 29.7. The molecule has 1 aromatic heterocycles. The van der Waals surface area contributed by atoms with Gasteiger partial charge in [0.1, 0.15) is 0 Å². The van der Waals surface area contributed by atoms with Gasteiger partial charge in [-0.25, -0.2) is 13.8 Å². The summed E-state index contributed by atoms with van der Waals surface area (Å²) in [6.45, 7) is 0. The lowest BCUT2D eigenvalue weighted by molar-refractivity contribution is 0.151. The van der Waals surface area contributed by atoms with Crippen molar-refractivity contribution >= 4 is 21.6 Å². The average molecular weight is 267 g/mol. The molecule has 1 rings (SSSR count). The molecule has 0 bridgehead atoms. The minimum absolute atomic E-state index is 0.0117. The van der Waals surface area contributed by atoms with Crippen LogP contribution in [-0.4, -0.2) is 12.1 Å². The summed E-state index contributed by atoms with van der Waals surface area (Å²) in [5.74, 6) is 0.143. The van der Waals surface area contributed by atoms with Gasteiger partial charge in [0, 0.05) is 17.0 Å². The molecule has 2 N–H and O–H groups in total. The highest BCUT2D eigenvalue weighted by molar-refractivity contribution is 9.08. The highest BCUT2D eigenvalue weighted by atomic mass is 79.9. The Balaban J connectivity index is 3.27. The number of rotatable bonds is 3. The highest BCUT2D eigenvalue weighted by Crippen LogP contribution is 2.30. The first-order valence-corrected chi connectivity index (χ1v) is 4.89. The Bertz CT molecular complexity index is 333. The van der Waals surface area contributed by atoms with E-state index in [0.29, 0.717) is 11.0 Å². The van der Waals surface area contributed by atoms with Crippen molar-refractivity contribution in [3.8, 4) is 5.88 Å². The molecule has 0 aliphatic heterocycles. The minimum atomic E-state index is -2.62. The molecule has 0 aromatic carbocycles. The largest absolute Gasteiger partial charge is 0.481 e. The van der Waals surface area contributed by atoms with E-state index >= 15 is 0 Å². The van der Waals surface area contributed by atoms with Crippen molar-refractivity contribution in [1.29, 1.82) is 0 Å². The first-order chi connectivity index (χ1) is 6.60. The second kappa shape index (κ2) is 4.54. The van der Waals surface area contributed by atoms with Gasteiger partial charge in [0.2, 0.25) is 5.88 Å². The first-order valence-electron chi connectivity index (χ1n) is 3.77. The maximum Gasteiger partial charge on any atom is 0.266 e. The predicted molar refractivity (Wildman–Crippen MR) is 52.8 cm³/mol. The van der Waals surface area contributed by atoms with Gasteiger partial charge in [-0.3, -0.25) is 0 Å². The fraction of sp³-hybridized carbons (Fsp3) is 0.375. The Labute approximate surface area is 88.4 Å². The Hall–Kier alpha value is -0.910. The number of anilines is 1. The molecular weight excluding hydrogens is 258 g/mol. The number of nitrogens with two attached hydrogens (primary N) is 1. The Kier molecular flexibility index (Phi) is 3.62. The molecule has 0 radical (unpaired) electrons. The van der Waals surface area contributed by atoms with Crippen LogP contribution in [0.25, 0.3) is 0 Å². The summed E-state index contributed by atoms with van der Waals surface area (Å²) in [6.07, 6.45) is -2.62. The standard InChI is InChI=1S/C8H9BrF2N2O/c1-14-6-2-4(8(10)11)7(12)5(3-9)13-6/h2,8H,3,12H2,1H3. The van der Waals surface area contributed by atoms with Crippen LogP contribution in [-0.2, 0) is 5.33 Å². The zero-order valence-corrected chi connectivity index (χ0v) is 9.01. The van der Waals surface area contributed by atoms with Gasteiger partial charge in [-0.05, 0) is 0 Å². The maximum atomic E-state index is 12.5. The van der Waals surface area contributed by atoms with Crippen molar-refractivity contribution in [3.05, 3.63) is 17.3 Å². The topological polar surface area (TPSA) is 48.1 Å². The van der Waals surface area contributed by atoms with Gasteiger partial charge in [-0.2, -0.15) is 0 Å². The quantitative estimate of drug-likeness (QED) is 0.856. The van der Waals surface area contributed by atoms with Gasteiger partial charge in [0.25, 0.3) is 6.43 Å². The molecule has 78 valence electrons. The average Bonchev–Trinajstić information content (AvgIpc) is 2.17. The number of aromatic nitrogens is 1. The summed E-state index contributed by atoms with van der Waals surface area (Å²) in [5.41, 5.74) is 5.62. The number of alkyl halides is 3. The van der Waals surface area contributed by atoms with Crippen molar-refractivity contribution in [3.63, 3.8) is 0 Å². The number of hydrogen-bond donors (Lipinski definition) is 1. The molecule has 14 heavy (non-hydrogen) atoms.